The fourth-order valence-corrected chi connectivity index (χ4v) is 4.20. The van der Waals surface area contributed by atoms with Gasteiger partial charge in [-0.05, 0) is 37.0 Å². The van der Waals surface area contributed by atoms with E-state index in [9.17, 15) is 9.59 Å². The molecule has 33 heavy (non-hydrogen) atoms. The predicted octanol–water partition coefficient (Wildman–Crippen LogP) is 7.21. The Hall–Kier alpha value is -1.10. The summed E-state index contributed by atoms with van der Waals surface area (Å²) < 4.78 is 15.7. The summed E-state index contributed by atoms with van der Waals surface area (Å²) in [5.74, 6) is 2.21. The third kappa shape index (κ3) is 17.1. The van der Waals surface area contributed by atoms with E-state index in [2.05, 4.69) is 34.6 Å². The molecular weight excluding hydrogens is 416 g/mol. The number of methoxy groups -OCH3 is 1. The molecule has 0 aromatic carbocycles. The van der Waals surface area contributed by atoms with Crippen molar-refractivity contribution in [1.82, 2.24) is 0 Å². The lowest BCUT2D eigenvalue weighted by atomic mass is 9.91. The van der Waals surface area contributed by atoms with E-state index in [1.807, 2.05) is 0 Å². The summed E-state index contributed by atoms with van der Waals surface area (Å²) in [5, 5.41) is 0. The Labute approximate surface area is 204 Å². The average molecular weight is 471 g/mol. The molecule has 0 aliphatic carbocycles. The summed E-state index contributed by atoms with van der Waals surface area (Å²) in [6.45, 7) is 15.2. The molecule has 0 N–H and O–H groups in total. The van der Waals surface area contributed by atoms with Gasteiger partial charge >= 0.3 is 11.9 Å². The number of hydrogen-bond donors (Lipinski definition) is 0. The monoisotopic (exact) mass is 470 g/mol. The van der Waals surface area contributed by atoms with Crippen molar-refractivity contribution in [1.29, 1.82) is 0 Å². The molecule has 0 aromatic rings. The Morgan fingerprint density at radius 1 is 0.697 bits per heavy atom. The zero-order chi connectivity index (χ0) is 25.3. The summed E-state index contributed by atoms with van der Waals surface area (Å²) >= 11 is 0. The van der Waals surface area contributed by atoms with E-state index in [1.165, 1.54) is 65.4 Å². The summed E-state index contributed by atoms with van der Waals surface area (Å²) in [7, 11) is 1.52. The highest BCUT2D eigenvalue weighted by molar-refractivity contribution is 5.77. The van der Waals surface area contributed by atoms with Crippen molar-refractivity contribution in [3.8, 4) is 0 Å². The molecule has 0 spiro atoms. The molecule has 4 atom stereocenters. The lowest BCUT2D eigenvalue weighted by Crippen LogP contribution is -2.39. The first kappa shape index (κ1) is 31.9. The second-order valence-corrected chi connectivity index (χ2v) is 11.2. The Balaban J connectivity index is 3.98. The fraction of sp³-hybridized carbons (Fsp3) is 0.929. The van der Waals surface area contributed by atoms with E-state index >= 15 is 0 Å². The van der Waals surface area contributed by atoms with Crippen molar-refractivity contribution in [2.24, 2.45) is 29.1 Å². The minimum atomic E-state index is -0.967. The van der Waals surface area contributed by atoms with E-state index in [1.54, 1.807) is 6.92 Å². The summed E-state index contributed by atoms with van der Waals surface area (Å²) in [6.07, 6.45) is 12.7. The van der Waals surface area contributed by atoms with Crippen LogP contribution in [0.3, 0.4) is 0 Å². The zero-order valence-electron chi connectivity index (χ0n) is 23.0. The van der Waals surface area contributed by atoms with Crippen LogP contribution in [0.2, 0.25) is 0 Å². The first-order valence-corrected chi connectivity index (χ1v) is 13.3. The van der Waals surface area contributed by atoms with Crippen LogP contribution in [0.1, 0.15) is 113 Å². The van der Waals surface area contributed by atoms with Gasteiger partial charge in [-0.25, -0.2) is 0 Å². The first-order chi connectivity index (χ1) is 15.5. The smallest absolute Gasteiger partial charge is 0.317 e. The Morgan fingerprint density at radius 3 is 1.58 bits per heavy atom. The van der Waals surface area contributed by atoms with Crippen LogP contribution in [0.4, 0.5) is 0 Å². The van der Waals surface area contributed by atoms with Crippen LogP contribution in [0.15, 0.2) is 0 Å². The van der Waals surface area contributed by atoms with E-state index in [4.69, 9.17) is 14.2 Å². The normalized spacial score (nSPS) is 16.2. The number of esters is 2. The molecule has 0 radical (unpaired) electrons. The molecule has 0 heterocycles. The van der Waals surface area contributed by atoms with Gasteiger partial charge in [0.05, 0.1) is 13.2 Å². The largest absolute Gasteiger partial charge is 0.465 e. The quantitative estimate of drug-likeness (QED) is 0.176. The van der Waals surface area contributed by atoms with Crippen LogP contribution < -0.4 is 0 Å². The molecule has 0 bridgehead atoms. The molecule has 0 amide bonds. The van der Waals surface area contributed by atoms with Crippen LogP contribution in [0, 0.1) is 29.1 Å². The van der Waals surface area contributed by atoms with Gasteiger partial charge in [-0.15, -0.1) is 0 Å². The minimum Gasteiger partial charge on any atom is -0.465 e. The van der Waals surface area contributed by atoms with Gasteiger partial charge in [0.1, 0.15) is 12.0 Å². The van der Waals surface area contributed by atoms with Crippen molar-refractivity contribution in [2.75, 3.05) is 26.9 Å². The molecule has 5 heteroatoms. The van der Waals surface area contributed by atoms with E-state index in [0.29, 0.717) is 12.5 Å². The number of carbonyl (C=O) groups is 2. The molecule has 5 nitrogen and oxygen atoms in total. The second-order valence-electron chi connectivity index (χ2n) is 11.2. The maximum absolute atomic E-state index is 12.5. The topological polar surface area (TPSA) is 61.8 Å². The molecule has 0 fully saturated rings. The fourth-order valence-electron chi connectivity index (χ4n) is 4.20. The van der Waals surface area contributed by atoms with Gasteiger partial charge in [0.25, 0.3) is 0 Å². The molecule has 0 aromatic heterocycles. The van der Waals surface area contributed by atoms with Crippen LogP contribution >= 0.6 is 0 Å². The van der Waals surface area contributed by atoms with Crippen LogP contribution in [-0.2, 0) is 23.8 Å². The maximum Gasteiger partial charge on any atom is 0.317 e. The van der Waals surface area contributed by atoms with Gasteiger partial charge in [-0.1, -0.05) is 92.4 Å². The summed E-state index contributed by atoms with van der Waals surface area (Å²) in [6, 6.07) is 0. The van der Waals surface area contributed by atoms with Gasteiger partial charge in [-0.3, -0.25) is 9.59 Å². The van der Waals surface area contributed by atoms with E-state index < -0.39 is 11.4 Å². The molecule has 0 saturated heterocycles. The number of carbonyl (C=O) groups excluding carboxylic acids is 2. The van der Waals surface area contributed by atoms with Crippen LogP contribution in [0.5, 0.6) is 0 Å². The first-order valence-electron chi connectivity index (χ1n) is 13.3. The Morgan fingerprint density at radius 2 is 1.15 bits per heavy atom. The molecule has 0 aliphatic heterocycles. The zero-order valence-corrected chi connectivity index (χ0v) is 23.0. The van der Waals surface area contributed by atoms with Crippen molar-refractivity contribution in [3.05, 3.63) is 0 Å². The highest BCUT2D eigenvalue weighted by atomic mass is 16.6. The molecule has 4 unspecified atom stereocenters. The van der Waals surface area contributed by atoms with E-state index in [0.717, 1.165) is 30.6 Å². The number of hydrogen-bond acceptors (Lipinski definition) is 5. The number of ether oxygens (including phenoxy) is 3. The predicted molar refractivity (Wildman–Crippen MR) is 136 cm³/mol. The van der Waals surface area contributed by atoms with Gasteiger partial charge in [0.15, 0.2) is 0 Å². The third-order valence-corrected chi connectivity index (χ3v) is 6.66. The van der Waals surface area contributed by atoms with Gasteiger partial charge in [0, 0.05) is 14.0 Å². The minimum absolute atomic E-state index is 0.0286. The van der Waals surface area contributed by atoms with Gasteiger partial charge < -0.3 is 14.2 Å². The standard InChI is InChI=1S/C28H54O5/c1-22(2)12-9-13-23(3)14-10-15-24(4)16-11-17-25(5)18-19-32-27(30)28(7,20-31-8)21-33-26(6)29/h22-25H,9-21H2,1-8H3. The Kier molecular flexibility index (Phi) is 17.6. The molecule has 196 valence electrons. The molecule has 0 aliphatic rings. The lowest BCUT2D eigenvalue weighted by Gasteiger charge is -2.26. The SMILES string of the molecule is COCC(C)(COC(C)=O)C(=O)OCCC(C)CCCC(C)CCCC(C)CCCC(C)C. The van der Waals surface area contributed by atoms with Crippen molar-refractivity contribution in [3.63, 3.8) is 0 Å². The maximum atomic E-state index is 12.5. The summed E-state index contributed by atoms with van der Waals surface area (Å²) in [5.41, 5.74) is -0.967. The van der Waals surface area contributed by atoms with E-state index in [-0.39, 0.29) is 19.2 Å². The van der Waals surface area contributed by atoms with Gasteiger partial charge in [-0.2, -0.15) is 0 Å². The Bertz CT molecular complexity index is 518. The van der Waals surface area contributed by atoms with Crippen molar-refractivity contribution in [2.45, 2.75) is 113 Å². The second kappa shape index (κ2) is 18.3. The average Bonchev–Trinajstić information content (AvgIpc) is 2.72. The van der Waals surface area contributed by atoms with Gasteiger partial charge in [0.2, 0.25) is 0 Å². The van der Waals surface area contributed by atoms with Crippen LogP contribution in [-0.4, -0.2) is 38.9 Å². The molecule has 0 saturated carbocycles. The highest BCUT2D eigenvalue weighted by Gasteiger charge is 2.36. The molecule has 0 rings (SSSR count). The number of rotatable bonds is 20. The van der Waals surface area contributed by atoms with Crippen molar-refractivity contribution < 1.29 is 23.8 Å². The van der Waals surface area contributed by atoms with Crippen molar-refractivity contribution >= 4 is 11.9 Å². The van der Waals surface area contributed by atoms with Crippen LogP contribution in [0.25, 0.3) is 0 Å². The lowest BCUT2D eigenvalue weighted by molar-refractivity contribution is -0.166. The molecular formula is C28H54O5. The highest BCUT2D eigenvalue weighted by Crippen LogP contribution is 2.24. The summed E-state index contributed by atoms with van der Waals surface area (Å²) in [4.78, 5) is 23.6. The third-order valence-electron chi connectivity index (χ3n) is 6.66.